The first kappa shape index (κ1) is 20.8. The van der Waals surface area contributed by atoms with Crippen LogP contribution < -0.4 is 5.32 Å². The minimum absolute atomic E-state index is 0.0506. The lowest BCUT2D eigenvalue weighted by molar-refractivity contribution is -0.129. The number of nitrogens with one attached hydrogen (secondary N) is 1. The Bertz CT molecular complexity index is 599. The summed E-state index contributed by atoms with van der Waals surface area (Å²) < 4.78 is 12.7. The molecule has 0 aliphatic rings. The third-order valence-corrected chi connectivity index (χ3v) is 5.45. The minimum Gasteiger partial charge on any atom is -0.392 e. The largest absolute Gasteiger partial charge is 0.392 e. The van der Waals surface area contributed by atoms with Gasteiger partial charge in [-0.1, -0.05) is 59.7 Å². The van der Waals surface area contributed by atoms with Gasteiger partial charge in [-0.15, -0.1) is 0 Å². The zero-order valence-electron chi connectivity index (χ0n) is 15.8. The van der Waals surface area contributed by atoms with E-state index in [2.05, 4.69) is 5.32 Å². The number of carbonyl (C=O) groups is 1. The summed E-state index contributed by atoms with van der Waals surface area (Å²) in [6.45, 7) is 13.2. The Morgan fingerprint density at radius 2 is 1.71 bits per heavy atom. The average Bonchev–Trinajstić information content (AvgIpc) is 2.45. The molecule has 0 aliphatic heterocycles. The molecule has 0 fully saturated rings. The van der Waals surface area contributed by atoms with E-state index in [1.54, 1.807) is 6.07 Å². The van der Waals surface area contributed by atoms with Crippen LogP contribution in [0.2, 0.25) is 0 Å². The van der Waals surface area contributed by atoms with Gasteiger partial charge in [0.25, 0.3) is 0 Å². The molecule has 0 saturated heterocycles. The van der Waals surface area contributed by atoms with E-state index in [4.69, 9.17) is 0 Å². The number of amides is 1. The van der Waals surface area contributed by atoms with Gasteiger partial charge in [-0.2, -0.15) is 0 Å². The van der Waals surface area contributed by atoms with Gasteiger partial charge < -0.3 is 10.4 Å². The van der Waals surface area contributed by atoms with Gasteiger partial charge in [-0.25, -0.2) is 0 Å². The Kier molecular flexibility index (Phi) is 6.76. The third-order valence-electron chi connectivity index (χ3n) is 3.97. The maximum Gasteiger partial charge on any atom is 0.225 e. The summed E-state index contributed by atoms with van der Waals surface area (Å²) >= 11 is 0. The number of hydrogen-bond donors (Lipinski definition) is 2. The molecule has 0 heterocycles. The molecule has 1 rings (SSSR count). The second-order valence-electron chi connectivity index (χ2n) is 8.38. The Hall–Kier alpha value is -1.20. The Labute approximate surface area is 148 Å². The van der Waals surface area contributed by atoms with Gasteiger partial charge in [0.15, 0.2) is 0 Å². The van der Waals surface area contributed by atoms with Crippen LogP contribution >= 0.6 is 0 Å². The highest BCUT2D eigenvalue weighted by atomic mass is 32.2. The predicted octanol–water partition coefficient (Wildman–Crippen LogP) is 3.42. The molecule has 2 N–H and O–H groups in total. The van der Waals surface area contributed by atoms with Crippen molar-refractivity contribution in [3.63, 3.8) is 0 Å². The number of rotatable bonds is 5. The van der Waals surface area contributed by atoms with Crippen molar-refractivity contribution in [2.24, 2.45) is 10.8 Å². The van der Waals surface area contributed by atoms with Crippen LogP contribution in [0.25, 0.3) is 0 Å². The SMILES string of the molecule is C[C@@H](NC(=O)C(C)(C)C)c1ccccc1S(=O)C[C@H](O)C(C)(C)C. The standard InChI is InChI=1S/C19H31NO3S/c1-13(20-17(22)19(5,6)7)14-10-8-9-11-15(14)24(23)12-16(21)18(2,3)4/h8-11,13,16,21H,12H2,1-7H3,(H,20,22)/t13-,16+,24?/m1/s1. The van der Waals surface area contributed by atoms with Crippen molar-refractivity contribution in [2.45, 2.75) is 65.5 Å². The molecule has 0 radical (unpaired) electrons. The van der Waals surface area contributed by atoms with Gasteiger partial charge in [0, 0.05) is 10.3 Å². The smallest absolute Gasteiger partial charge is 0.225 e. The first-order chi connectivity index (χ1) is 10.8. The van der Waals surface area contributed by atoms with Crippen LogP contribution in [0, 0.1) is 10.8 Å². The van der Waals surface area contributed by atoms with Crippen molar-refractivity contribution in [1.82, 2.24) is 5.32 Å². The van der Waals surface area contributed by atoms with Crippen molar-refractivity contribution in [1.29, 1.82) is 0 Å². The molecule has 1 aromatic carbocycles. The summed E-state index contributed by atoms with van der Waals surface area (Å²) in [5.41, 5.74) is 0.0242. The van der Waals surface area contributed by atoms with Gasteiger partial charge in [-0.05, 0) is 24.0 Å². The van der Waals surface area contributed by atoms with Crippen LogP contribution in [0.4, 0.5) is 0 Å². The van der Waals surface area contributed by atoms with Gasteiger partial charge in [0.2, 0.25) is 5.91 Å². The fraction of sp³-hybridized carbons (Fsp3) is 0.632. The van der Waals surface area contributed by atoms with Gasteiger partial charge >= 0.3 is 0 Å². The molecule has 5 heteroatoms. The molecule has 0 aromatic heterocycles. The van der Waals surface area contributed by atoms with Crippen molar-refractivity contribution in [3.8, 4) is 0 Å². The molecule has 0 saturated carbocycles. The Morgan fingerprint density at radius 3 is 2.21 bits per heavy atom. The van der Waals surface area contributed by atoms with Crippen molar-refractivity contribution < 1.29 is 14.1 Å². The van der Waals surface area contributed by atoms with Crippen LogP contribution in [0.1, 0.15) is 60.1 Å². The van der Waals surface area contributed by atoms with Gasteiger partial charge in [0.05, 0.1) is 28.7 Å². The van der Waals surface area contributed by atoms with Crippen LogP contribution in [0.5, 0.6) is 0 Å². The maximum atomic E-state index is 12.7. The van der Waals surface area contributed by atoms with Gasteiger partial charge in [0.1, 0.15) is 0 Å². The van der Waals surface area contributed by atoms with Crippen molar-refractivity contribution in [2.75, 3.05) is 5.75 Å². The Morgan fingerprint density at radius 1 is 1.17 bits per heavy atom. The molecule has 136 valence electrons. The highest BCUT2D eigenvalue weighted by molar-refractivity contribution is 7.85. The lowest BCUT2D eigenvalue weighted by Crippen LogP contribution is -2.37. The first-order valence-electron chi connectivity index (χ1n) is 8.30. The van der Waals surface area contributed by atoms with E-state index in [1.165, 1.54) is 0 Å². The van der Waals surface area contributed by atoms with Crippen LogP contribution in [0.3, 0.4) is 0 Å². The van der Waals surface area contributed by atoms with Crippen LogP contribution in [0.15, 0.2) is 29.2 Å². The summed E-state index contributed by atoms with van der Waals surface area (Å²) in [5.74, 6) is 0.130. The molecule has 1 aromatic rings. The van der Waals surface area contributed by atoms with Gasteiger partial charge in [-0.3, -0.25) is 9.00 Å². The number of aliphatic hydroxyl groups excluding tert-OH is 1. The molecule has 4 nitrogen and oxygen atoms in total. The van der Waals surface area contributed by atoms with E-state index < -0.39 is 22.3 Å². The summed E-state index contributed by atoms with van der Waals surface area (Å²) in [6.07, 6.45) is -0.661. The molecule has 1 amide bonds. The molecule has 0 spiro atoms. The molecular formula is C19H31NO3S. The van der Waals surface area contributed by atoms with E-state index in [0.717, 1.165) is 5.56 Å². The monoisotopic (exact) mass is 353 g/mol. The molecule has 0 aliphatic carbocycles. The fourth-order valence-electron chi connectivity index (χ4n) is 2.02. The summed E-state index contributed by atoms with van der Waals surface area (Å²) in [5, 5.41) is 13.2. The van der Waals surface area contributed by atoms with E-state index in [-0.39, 0.29) is 23.1 Å². The Balaban J connectivity index is 2.99. The fourth-order valence-corrected chi connectivity index (χ4v) is 3.72. The molecule has 3 atom stereocenters. The van der Waals surface area contributed by atoms with Crippen molar-refractivity contribution in [3.05, 3.63) is 29.8 Å². The number of aliphatic hydroxyl groups is 1. The number of hydrogen-bond acceptors (Lipinski definition) is 3. The van der Waals surface area contributed by atoms with E-state index in [1.807, 2.05) is 66.7 Å². The molecule has 0 bridgehead atoms. The summed E-state index contributed by atoms with van der Waals surface area (Å²) in [6, 6.07) is 7.14. The molecule has 24 heavy (non-hydrogen) atoms. The molecular weight excluding hydrogens is 322 g/mol. The minimum atomic E-state index is -1.33. The van der Waals surface area contributed by atoms with Crippen molar-refractivity contribution >= 4 is 16.7 Å². The van der Waals surface area contributed by atoms with E-state index in [9.17, 15) is 14.1 Å². The number of carbonyl (C=O) groups excluding carboxylic acids is 1. The van der Waals surface area contributed by atoms with E-state index >= 15 is 0 Å². The quantitative estimate of drug-likeness (QED) is 0.852. The predicted molar refractivity (Wildman–Crippen MR) is 99.2 cm³/mol. The van der Waals surface area contributed by atoms with E-state index in [0.29, 0.717) is 4.90 Å². The first-order valence-corrected chi connectivity index (χ1v) is 9.62. The average molecular weight is 354 g/mol. The van der Waals surface area contributed by atoms with Crippen LogP contribution in [-0.2, 0) is 15.6 Å². The zero-order valence-corrected chi connectivity index (χ0v) is 16.7. The lowest BCUT2D eigenvalue weighted by atomic mass is 9.90. The second-order valence-corrected chi connectivity index (χ2v) is 9.84. The second kappa shape index (κ2) is 7.79. The highest BCUT2D eigenvalue weighted by Crippen LogP contribution is 2.26. The maximum absolute atomic E-state index is 12.7. The van der Waals surface area contributed by atoms with Crippen LogP contribution in [-0.4, -0.2) is 27.1 Å². The number of benzene rings is 1. The molecule has 1 unspecified atom stereocenters. The summed E-state index contributed by atoms with van der Waals surface area (Å²) in [7, 11) is -1.33. The third kappa shape index (κ3) is 5.71. The lowest BCUT2D eigenvalue weighted by Gasteiger charge is -2.26. The normalized spacial score (nSPS) is 16.3. The topological polar surface area (TPSA) is 66.4 Å². The summed E-state index contributed by atoms with van der Waals surface area (Å²) in [4.78, 5) is 12.9. The highest BCUT2D eigenvalue weighted by Gasteiger charge is 2.27. The zero-order chi connectivity index (χ0) is 18.7.